The first-order chi connectivity index (χ1) is 15.5. The number of nitro groups is 2. The van der Waals surface area contributed by atoms with E-state index in [0.29, 0.717) is 11.3 Å². The van der Waals surface area contributed by atoms with Gasteiger partial charge >= 0.3 is 0 Å². The monoisotopic (exact) mass is 437 g/mol. The van der Waals surface area contributed by atoms with Gasteiger partial charge in [0.25, 0.3) is 11.4 Å². The van der Waals surface area contributed by atoms with Crippen molar-refractivity contribution in [3.8, 4) is 11.5 Å². The summed E-state index contributed by atoms with van der Waals surface area (Å²) in [6.45, 7) is 0.176. The molecule has 0 saturated heterocycles. The topological polar surface area (TPSA) is 126 Å². The number of hydrogen-bond acceptors (Lipinski definition) is 8. The summed E-state index contributed by atoms with van der Waals surface area (Å²) in [6.07, 6.45) is 1.18. The molecule has 0 aromatic heterocycles. The van der Waals surface area contributed by atoms with E-state index in [-0.39, 0.29) is 35.9 Å². The van der Waals surface area contributed by atoms with Crippen molar-refractivity contribution in [1.82, 2.24) is 0 Å². The zero-order valence-electron chi connectivity index (χ0n) is 17.0. The number of rotatable bonds is 10. The molecule has 0 saturated carbocycles. The van der Waals surface area contributed by atoms with Crippen molar-refractivity contribution >= 4 is 17.6 Å². The van der Waals surface area contributed by atoms with Gasteiger partial charge in [0.05, 0.1) is 34.8 Å². The maximum absolute atomic E-state index is 11.5. The maximum Gasteiger partial charge on any atom is 0.282 e. The molecule has 10 heteroatoms. The van der Waals surface area contributed by atoms with E-state index in [1.807, 2.05) is 30.3 Å². The zero-order chi connectivity index (χ0) is 22.9. The number of hydrogen-bond donors (Lipinski definition) is 0. The maximum atomic E-state index is 11.5. The van der Waals surface area contributed by atoms with Crippen LogP contribution < -0.4 is 9.47 Å². The molecule has 0 atom stereocenters. The Bertz CT molecular complexity index is 1130. The van der Waals surface area contributed by atoms with Gasteiger partial charge in [0.2, 0.25) is 0 Å². The predicted molar refractivity (Wildman–Crippen MR) is 116 cm³/mol. The van der Waals surface area contributed by atoms with Gasteiger partial charge in [0, 0.05) is 12.1 Å². The number of benzene rings is 3. The lowest BCUT2D eigenvalue weighted by molar-refractivity contribution is -0.385. The van der Waals surface area contributed by atoms with Crippen molar-refractivity contribution in [3.63, 3.8) is 0 Å². The van der Waals surface area contributed by atoms with Gasteiger partial charge in [0.1, 0.15) is 13.2 Å². The summed E-state index contributed by atoms with van der Waals surface area (Å²) in [6, 6.07) is 18.0. The van der Waals surface area contributed by atoms with Crippen LogP contribution in [0.5, 0.6) is 11.5 Å². The van der Waals surface area contributed by atoms with E-state index in [9.17, 15) is 20.2 Å². The minimum Gasteiger partial charge on any atom is -0.493 e. The molecule has 0 aliphatic carbocycles. The van der Waals surface area contributed by atoms with E-state index in [1.54, 1.807) is 6.07 Å². The van der Waals surface area contributed by atoms with Crippen LogP contribution in [0.15, 0.2) is 71.9 Å². The van der Waals surface area contributed by atoms with Crippen LogP contribution in [0, 0.1) is 20.2 Å². The van der Waals surface area contributed by atoms with Gasteiger partial charge in [-0.2, -0.15) is 0 Å². The SMILES string of the molecule is COc1cc(/C=N\OCc2cccc([N+](=O)[O-])c2)c([N+](=O)[O-])cc1OCc1ccccc1. The van der Waals surface area contributed by atoms with Crippen LogP contribution in [0.3, 0.4) is 0 Å². The third-order valence-electron chi connectivity index (χ3n) is 4.37. The molecule has 0 heterocycles. The van der Waals surface area contributed by atoms with Crippen molar-refractivity contribution in [2.24, 2.45) is 5.16 Å². The highest BCUT2D eigenvalue weighted by molar-refractivity contribution is 5.86. The lowest BCUT2D eigenvalue weighted by Crippen LogP contribution is -2.02. The number of nitrogens with zero attached hydrogens (tertiary/aromatic N) is 3. The van der Waals surface area contributed by atoms with Gasteiger partial charge in [-0.3, -0.25) is 20.2 Å². The van der Waals surface area contributed by atoms with Gasteiger partial charge in [0.15, 0.2) is 11.5 Å². The number of nitro benzene ring substituents is 2. The average Bonchev–Trinajstić information content (AvgIpc) is 2.81. The fourth-order valence-electron chi connectivity index (χ4n) is 2.80. The summed E-state index contributed by atoms with van der Waals surface area (Å²) < 4.78 is 11.0. The van der Waals surface area contributed by atoms with Crippen LogP contribution in [0.25, 0.3) is 0 Å². The Balaban J connectivity index is 1.74. The predicted octanol–water partition coefficient (Wildman–Crippen LogP) is 4.64. The standard InChI is InChI=1S/C22H19N3O7/c1-30-21-11-18(13-23-32-15-17-8-5-9-19(10-17)24(26)27)20(25(28)29)12-22(21)31-14-16-6-3-2-4-7-16/h2-13H,14-15H2,1H3/b23-13-. The molecule has 0 amide bonds. The Kier molecular flexibility index (Phi) is 7.31. The molecule has 3 rings (SSSR count). The van der Waals surface area contributed by atoms with E-state index < -0.39 is 9.85 Å². The van der Waals surface area contributed by atoms with Crippen LogP contribution in [0.1, 0.15) is 16.7 Å². The molecule has 0 aliphatic rings. The van der Waals surface area contributed by atoms with Crippen molar-refractivity contribution < 1.29 is 24.2 Å². The highest BCUT2D eigenvalue weighted by Gasteiger charge is 2.19. The molecule has 0 bridgehead atoms. The smallest absolute Gasteiger partial charge is 0.282 e. The molecule has 0 radical (unpaired) electrons. The van der Waals surface area contributed by atoms with Crippen LogP contribution in [0.4, 0.5) is 11.4 Å². The van der Waals surface area contributed by atoms with Crippen molar-refractivity contribution in [2.75, 3.05) is 7.11 Å². The zero-order valence-corrected chi connectivity index (χ0v) is 17.0. The Morgan fingerprint density at radius 3 is 2.31 bits per heavy atom. The summed E-state index contributed by atoms with van der Waals surface area (Å²) in [5, 5.41) is 26.1. The van der Waals surface area contributed by atoms with Gasteiger partial charge in [-0.05, 0) is 17.2 Å². The number of non-ortho nitro benzene ring substituents is 1. The van der Waals surface area contributed by atoms with E-state index in [2.05, 4.69) is 5.16 Å². The van der Waals surface area contributed by atoms with Crippen LogP contribution in [-0.4, -0.2) is 23.2 Å². The summed E-state index contributed by atoms with van der Waals surface area (Å²) >= 11 is 0. The number of oxime groups is 1. The largest absolute Gasteiger partial charge is 0.493 e. The average molecular weight is 437 g/mol. The molecule has 32 heavy (non-hydrogen) atoms. The fourth-order valence-corrected chi connectivity index (χ4v) is 2.80. The Morgan fingerprint density at radius 2 is 1.62 bits per heavy atom. The molecule has 0 unspecified atom stereocenters. The lowest BCUT2D eigenvalue weighted by Gasteiger charge is -2.12. The van der Waals surface area contributed by atoms with Crippen molar-refractivity contribution in [3.05, 3.63) is 104 Å². The normalized spacial score (nSPS) is 10.7. The third-order valence-corrected chi connectivity index (χ3v) is 4.37. The van der Waals surface area contributed by atoms with Crippen LogP contribution >= 0.6 is 0 Å². The first-order valence-corrected chi connectivity index (χ1v) is 9.39. The molecule has 3 aromatic rings. The van der Waals surface area contributed by atoms with E-state index >= 15 is 0 Å². The summed E-state index contributed by atoms with van der Waals surface area (Å²) in [4.78, 5) is 26.5. The van der Waals surface area contributed by atoms with Gasteiger partial charge in [-0.1, -0.05) is 47.6 Å². The summed E-state index contributed by atoms with van der Waals surface area (Å²) in [5.74, 6) is 0.518. The van der Waals surface area contributed by atoms with Crippen LogP contribution in [-0.2, 0) is 18.1 Å². The first-order valence-electron chi connectivity index (χ1n) is 9.39. The minimum absolute atomic E-state index is 0.0403. The van der Waals surface area contributed by atoms with E-state index in [4.69, 9.17) is 14.3 Å². The summed E-state index contributed by atoms with van der Waals surface area (Å²) in [7, 11) is 1.43. The second-order valence-electron chi connectivity index (χ2n) is 6.53. The van der Waals surface area contributed by atoms with Gasteiger partial charge in [-0.15, -0.1) is 0 Å². The van der Waals surface area contributed by atoms with Gasteiger partial charge in [-0.25, -0.2) is 0 Å². The Hall–Kier alpha value is -4.47. The molecule has 3 aromatic carbocycles. The number of ether oxygens (including phenoxy) is 2. The van der Waals surface area contributed by atoms with Crippen LogP contribution in [0.2, 0.25) is 0 Å². The highest BCUT2D eigenvalue weighted by atomic mass is 16.6. The van der Waals surface area contributed by atoms with Gasteiger partial charge < -0.3 is 14.3 Å². The lowest BCUT2D eigenvalue weighted by atomic mass is 10.1. The number of methoxy groups -OCH3 is 1. The van der Waals surface area contributed by atoms with E-state index in [1.165, 1.54) is 43.7 Å². The Labute approximate surface area is 183 Å². The molecular weight excluding hydrogens is 418 g/mol. The molecule has 10 nitrogen and oxygen atoms in total. The third kappa shape index (κ3) is 5.79. The Morgan fingerprint density at radius 1 is 0.875 bits per heavy atom. The van der Waals surface area contributed by atoms with E-state index in [0.717, 1.165) is 5.56 Å². The molecule has 0 N–H and O–H groups in total. The first kappa shape index (κ1) is 22.2. The van der Waals surface area contributed by atoms with Crippen molar-refractivity contribution in [2.45, 2.75) is 13.2 Å². The second-order valence-corrected chi connectivity index (χ2v) is 6.53. The molecule has 164 valence electrons. The highest BCUT2D eigenvalue weighted by Crippen LogP contribution is 2.34. The quantitative estimate of drug-likeness (QED) is 0.257. The second kappa shape index (κ2) is 10.5. The fraction of sp³-hybridized carbons (Fsp3) is 0.136. The summed E-state index contributed by atoms with van der Waals surface area (Å²) in [5.41, 5.74) is 1.28. The molecule has 0 aliphatic heterocycles. The van der Waals surface area contributed by atoms with Crippen molar-refractivity contribution in [1.29, 1.82) is 0 Å². The molecular formula is C22H19N3O7. The minimum atomic E-state index is -0.559. The molecule has 0 spiro atoms. The molecule has 0 fully saturated rings.